The molecule has 0 saturated carbocycles. The number of benzene rings is 1. The lowest BCUT2D eigenvalue weighted by Crippen LogP contribution is -2.20. The summed E-state index contributed by atoms with van der Waals surface area (Å²) in [5.74, 6) is -0.169. The van der Waals surface area contributed by atoms with E-state index >= 15 is 0 Å². The van der Waals surface area contributed by atoms with Crippen LogP contribution >= 0.6 is 7.82 Å². The number of H-pyrrole nitrogens is 1. The van der Waals surface area contributed by atoms with Gasteiger partial charge in [-0.2, -0.15) is 0 Å². The van der Waals surface area contributed by atoms with Gasteiger partial charge in [-0.1, -0.05) is 6.92 Å². The maximum atomic E-state index is 13.1. The molecule has 8 heteroatoms. The second kappa shape index (κ2) is 7.68. The minimum absolute atomic E-state index is 0.169. The van der Waals surface area contributed by atoms with Gasteiger partial charge in [0.05, 0.1) is 0 Å². The SMILES string of the molecule is CCN(C)CCc1c[nH]c2ccc(F)cc12.O=P(O)(O)O. The van der Waals surface area contributed by atoms with Crippen LogP contribution in [0.2, 0.25) is 0 Å². The Labute approximate surface area is 122 Å². The van der Waals surface area contributed by atoms with Crippen molar-refractivity contribution in [2.45, 2.75) is 13.3 Å². The molecular formula is C13H20FN2O4P. The Kier molecular flexibility index (Phi) is 6.51. The van der Waals surface area contributed by atoms with Gasteiger partial charge < -0.3 is 24.6 Å². The summed E-state index contributed by atoms with van der Waals surface area (Å²) in [5.41, 5.74) is 2.20. The first-order valence-corrected chi connectivity index (χ1v) is 7.99. The molecule has 0 spiro atoms. The molecule has 0 unspecified atom stereocenters. The van der Waals surface area contributed by atoms with Crippen LogP contribution < -0.4 is 0 Å². The molecule has 0 fully saturated rings. The molecular weight excluding hydrogens is 298 g/mol. The van der Waals surface area contributed by atoms with E-state index in [2.05, 4.69) is 23.9 Å². The van der Waals surface area contributed by atoms with Crippen molar-refractivity contribution in [1.82, 2.24) is 9.88 Å². The van der Waals surface area contributed by atoms with Crippen molar-refractivity contribution in [2.24, 2.45) is 0 Å². The number of phosphoric acid groups is 1. The quantitative estimate of drug-likeness (QED) is 0.645. The summed E-state index contributed by atoms with van der Waals surface area (Å²) in [6.45, 7) is 4.17. The van der Waals surface area contributed by atoms with Gasteiger partial charge in [-0.15, -0.1) is 0 Å². The molecule has 0 radical (unpaired) electrons. The molecule has 0 aliphatic heterocycles. The number of aromatic amines is 1. The lowest BCUT2D eigenvalue weighted by atomic mass is 10.1. The predicted octanol–water partition coefficient (Wildman–Crippen LogP) is 1.87. The average molecular weight is 318 g/mol. The topological polar surface area (TPSA) is 96.8 Å². The summed E-state index contributed by atoms with van der Waals surface area (Å²) in [6.07, 6.45) is 2.93. The van der Waals surface area contributed by atoms with Gasteiger partial charge in [-0.3, -0.25) is 0 Å². The summed E-state index contributed by atoms with van der Waals surface area (Å²) in [7, 11) is -2.55. The van der Waals surface area contributed by atoms with Gasteiger partial charge >= 0.3 is 7.82 Å². The molecule has 6 nitrogen and oxygen atoms in total. The zero-order valence-electron chi connectivity index (χ0n) is 12.0. The number of rotatable bonds is 4. The summed E-state index contributed by atoms with van der Waals surface area (Å²) in [4.78, 5) is 27.0. The van der Waals surface area contributed by atoms with E-state index in [9.17, 15) is 4.39 Å². The van der Waals surface area contributed by atoms with E-state index in [0.29, 0.717) is 0 Å². The van der Waals surface area contributed by atoms with Gasteiger partial charge in [0.25, 0.3) is 0 Å². The van der Waals surface area contributed by atoms with E-state index < -0.39 is 7.82 Å². The highest BCUT2D eigenvalue weighted by atomic mass is 31.2. The van der Waals surface area contributed by atoms with Crippen LogP contribution in [0.15, 0.2) is 24.4 Å². The number of halogens is 1. The fourth-order valence-electron chi connectivity index (χ4n) is 1.83. The van der Waals surface area contributed by atoms with Crippen LogP contribution in [0, 0.1) is 5.82 Å². The van der Waals surface area contributed by atoms with Gasteiger partial charge in [0.15, 0.2) is 0 Å². The Morgan fingerprint density at radius 3 is 2.52 bits per heavy atom. The van der Waals surface area contributed by atoms with E-state index in [-0.39, 0.29) is 5.82 Å². The van der Waals surface area contributed by atoms with Crippen LogP contribution in [-0.4, -0.2) is 44.7 Å². The molecule has 0 bridgehead atoms. The summed E-state index contributed by atoms with van der Waals surface area (Å²) >= 11 is 0. The first-order chi connectivity index (χ1) is 9.70. The first kappa shape index (κ1) is 17.8. The van der Waals surface area contributed by atoms with Crippen molar-refractivity contribution < 1.29 is 23.6 Å². The van der Waals surface area contributed by atoms with Gasteiger partial charge in [-0.05, 0) is 43.8 Å². The lowest BCUT2D eigenvalue weighted by molar-refractivity contribution is 0.275. The van der Waals surface area contributed by atoms with Crippen LogP contribution in [0.4, 0.5) is 4.39 Å². The Morgan fingerprint density at radius 1 is 1.33 bits per heavy atom. The van der Waals surface area contributed by atoms with Crippen molar-refractivity contribution in [2.75, 3.05) is 20.1 Å². The third kappa shape index (κ3) is 6.84. The molecule has 21 heavy (non-hydrogen) atoms. The molecule has 1 aromatic carbocycles. The molecule has 0 aliphatic rings. The minimum atomic E-state index is -4.64. The lowest BCUT2D eigenvalue weighted by Gasteiger charge is -2.12. The molecule has 2 aromatic rings. The molecule has 2 rings (SSSR count). The van der Waals surface area contributed by atoms with Crippen molar-refractivity contribution in [3.63, 3.8) is 0 Å². The molecule has 1 aromatic heterocycles. The molecule has 118 valence electrons. The van der Waals surface area contributed by atoms with Gasteiger partial charge in [0, 0.05) is 23.6 Å². The fourth-order valence-corrected chi connectivity index (χ4v) is 1.83. The Hall–Kier alpha value is -1.24. The zero-order chi connectivity index (χ0) is 16.0. The Bertz CT molecular complexity index is 617. The number of likely N-dealkylation sites (N-methyl/N-ethyl adjacent to an activating group) is 1. The largest absolute Gasteiger partial charge is 0.466 e. The molecule has 0 aliphatic carbocycles. The highest BCUT2D eigenvalue weighted by Crippen LogP contribution is 2.25. The van der Waals surface area contributed by atoms with Crippen LogP contribution in [0.25, 0.3) is 10.9 Å². The van der Waals surface area contributed by atoms with Gasteiger partial charge in [0.2, 0.25) is 0 Å². The van der Waals surface area contributed by atoms with Crippen molar-refractivity contribution in [1.29, 1.82) is 0 Å². The van der Waals surface area contributed by atoms with Crippen LogP contribution in [0.3, 0.4) is 0 Å². The molecule has 1 heterocycles. The number of nitrogens with zero attached hydrogens (tertiary/aromatic N) is 1. The smallest absolute Gasteiger partial charge is 0.361 e. The van der Waals surface area contributed by atoms with Crippen LogP contribution in [0.5, 0.6) is 0 Å². The first-order valence-electron chi connectivity index (χ1n) is 6.43. The summed E-state index contributed by atoms with van der Waals surface area (Å²) in [6, 6.07) is 4.88. The third-order valence-corrected chi connectivity index (χ3v) is 3.03. The molecule has 0 amide bonds. The second-order valence-corrected chi connectivity index (χ2v) is 5.69. The van der Waals surface area contributed by atoms with Crippen molar-refractivity contribution in [3.05, 3.63) is 35.8 Å². The van der Waals surface area contributed by atoms with Crippen LogP contribution in [0.1, 0.15) is 12.5 Å². The maximum Gasteiger partial charge on any atom is 0.466 e. The van der Waals surface area contributed by atoms with Crippen molar-refractivity contribution in [3.8, 4) is 0 Å². The van der Waals surface area contributed by atoms with Gasteiger partial charge in [-0.25, -0.2) is 8.96 Å². The monoisotopic (exact) mass is 318 g/mol. The third-order valence-electron chi connectivity index (χ3n) is 3.03. The average Bonchev–Trinajstić information content (AvgIpc) is 2.76. The minimum Gasteiger partial charge on any atom is -0.361 e. The van der Waals surface area contributed by atoms with Crippen molar-refractivity contribution >= 4 is 18.7 Å². The number of aromatic nitrogens is 1. The highest BCUT2D eigenvalue weighted by molar-refractivity contribution is 7.45. The molecule has 4 N–H and O–H groups in total. The fraction of sp³-hybridized carbons (Fsp3) is 0.385. The normalized spacial score (nSPS) is 11.6. The van der Waals surface area contributed by atoms with E-state index in [1.54, 1.807) is 12.1 Å². The van der Waals surface area contributed by atoms with E-state index in [4.69, 9.17) is 19.2 Å². The second-order valence-electron chi connectivity index (χ2n) is 4.66. The Balaban J connectivity index is 0.000000383. The Morgan fingerprint density at radius 2 is 1.95 bits per heavy atom. The van der Waals surface area contributed by atoms with E-state index in [1.165, 1.54) is 11.6 Å². The van der Waals surface area contributed by atoms with E-state index in [0.717, 1.165) is 30.4 Å². The number of fused-ring (bicyclic) bond motifs is 1. The van der Waals surface area contributed by atoms with E-state index in [1.807, 2.05) is 6.20 Å². The maximum absolute atomic E-state index is 13.1. The number of hydrogen-bond donors (Lipinski definition) is 4. The van der Waals surface area contributed by atoms with Crippen LogP contribution in [-0.2, 0) is 11.0 Å². The van der Waals surface area contributed by atoms with Gasteiger partial charge in [0.1, 0.15) is 5.82 Å². The standard InChI is InChI=1S/C13H17FN2.H3O4P/c1-3-16(2)7-6-10-9-15-13-5-4-11(14)8-12(10)13;1-5(2,3)4/h4-5,8-9,15H,3,6-7H2,1-2H3;(H3,1,2,3,4). The zero-order valence-corrected chi connectivity index (χ0v) is 12.8. The summed E-state index contributed by atoms with van der Waals surface area (Å²) < 4.78 is 22.0. The predicted molar refractivity (Wildman–Crippen MR) is 79.4 cm³/mol. The number of nitrogens with one attached hydrogen (secondary N) is 1. The molecule has 0 atom stereocenters. The molecule has 0 saturated heterocycles. The number of hydrogen-bond acceptors (Lipinski definition) is 2. The highest BCUT2D eigenvalue weighted by Gasteiger charge is 2.05. The summed E-state index contributed by atoms with van der Waals surface area (Å²) in [5, 5.41) is 1.00.